The zero-order valence-electron chi connectivity index (χ0n) is 13.1. The summed E-state index contributed by atoms with van der Waals surface area (Å²) in [6, 6.07) is 17.9. The Hall–Kier alpha value is -3.41. The number of nitrogens with zero attached hydrogens (tertiary/aromatic N) is 4. The van der Waals surface area contributed by atoms with Gasteiger partial charge in [-0.05, 0) is 36.8 Å². The molecule has 0 bridgehead atoms. The molecule has 0 fully saturated rings. The van der Waals surface area contributed by atoms with Crippen molar-refractivity contribution in [2.24, 2.45) is 0 Å². The minimum atomic E-state index is 0.400. The molecular formula is C18H16N6. The third-order valence-corrected chi connectivity index (χ3v) is 3.78. The van der Waals surface area contributed by atoms with E-state index < -0.39 is 0 Å². The summed E-state index contributed by atoms with van der Waals surface area (Å²) in [5.41, 5.74) is 9.78. The maximum absolute atomic E-state index is 6.09. The fraction of sp³-hybridized carbons (Fsp3) is 0.0556. The molecule has 6 nitrogen and oxygen atoms in total. The molecule has 4 aromatic rings. The molecule has 2 aromatic carbocycles. The molecule has 0 unspecified atom stereocenters. The van der Waals surface area contributed by atoms with E-state index >= 15 is 0 Å². The highest BCUT2D eigenvalue weighted by Gasteiger charge is 2.16. The minimum absolute atomic E-state index is 0.400. The van der Waals surface area contributed by atoms with Crippen molar-refractivity contribution in [3.05, 3.63) is 66.5 Å². The van der Waals surface area contributed by atoms with Crippen LogP contribution in [0.1, 0.15) is 5.56 Å². The van der Waals surface area contributed by atoms with Gasteiger partial charge in [-0.1, -0.05) is 30.3 Å². The molecule has 0 spiro atoms. The molecule has 24 heavy (non-hydrogen) atoms. The number of benzene rings is 2. The molecule has 0 aliphatic carbocycles. The van der Waals surface area contributed by atoms with Crippen molar-refractivity contribution < 1.29 is 0 Å². The topological polar surface area (TPSA) is 81.7 Å². The van der Waals surface area contributed by atoms with Gasteiger partial charge in [-0.15, -0.1) is 5.10 Å². The summed E-state index contributed by atoms with van der Waals surface area (Å²) in [5, 5.41) is 8.71. The molecule has 2 heterocycles. The highest BCUT2D eigenvalue weighted by Crippen LogP contribution is 2.30. The Morgan fingerprint density at radius 1 is 1.00 bits per heavy atom. The van der Waals surface area contributed by atoms with Crippen molar-refractivity contribution in [1.29, 1.82) is 0 Å². The lowest BCUT2D eigenvalue weighted by atomic mass is 10.2. The van der Waals surface area contributed by atoms with E-state index in [2.05, 4.69) is 20.4 Å². The Morgan fingerprint density at radius 2 is 1.83 bits per heavy atom. The number of fused-ring (bicyclic) bond motifs is 1. The van der Waals surface area contributed by atoms with Crippen LogP contribution in [0.3, 0.4) is 0 Å². The van der Waals surface area contributed by atoms with Crippen molar-refractivity contribution in [3.63, 3.8) is 0 Å². The molecule has 0 aliphatic heterocycles. The molecule has 4 rings (SSSR count). The maximum atomic E-state index is 6.09. The van der Waals surface area contributed by atoms with Crippen LogP contribution in [0.25, 0.3) is 16.7 Å². The molecule has 0 saturated carbocycles. The molecular weight excluding hydrogens is 300 g/mol. The highest BCUT2D eigenvalue weighted by atomic mass is 15.3. The molecule has 0 atom stereocenters. The molecule has 0 saturated heterocycles. The van der Waals surface area contributed by atoms with Gasteiger partial charge in [0.2, 0.25) is 0 Å². The summed E-state index contributed by atoms with van der Waals surface area (Å²) in [4.78, 5) is 8.48. The van der Waals surface area contributed by atoms with Crippen molar-refractivity contribution >= 4 is 28.4 Å². The molecule has 0 amide bonds. The lowest BCUT2D eigenvalue weighted by Gasteiger charge is -2.04. The van der Waals surface area contributed by atoms with Gasteiger partial charge in [-0.3, -0.25) is 0 Å². The monoisotopic (exact) mass is 316 g/mol. The lowest BCUT2D eigenvalue weighted by molar-refractivity contribution is 0.899. The number of anilines is 3. The van der Waals surface area contributed by atoms with E-state index in [1.54, 1.807) is 4.68 Å². The van der Waals surface area contributed by atoms with E-state index in [-0.39, 0.29) is 0 Å². The van der Waals surface area contributed by atoms with E-state index in [9.17, 15) is 0 Å². The van der Waals surface area contributed by atoms with Crippen LogP contribution < -0.4 is 11.1 Å². The van der Waals surface area contributed by atoms with Gasteiger partial charge in [0.1, 0.15) is 17.5 Å². The fourth-order valence-electron chi connectivity index (χ4n) is 2.67. The first-order valence-electron chi connectivity index (χ1n) is 7.61. The van der Waals surface area contributed by atoms with Gasteiger partial charge in [0, 0.05) is 5.69 Å². The van der Waals surface area contributed by atoms with Crippen LogP contribution in [-0.2, 0) is 0 Å². The average Bonchev–Trinajstić information content (AvgIpc) is 2.96. The zero-order valence-corrected chi connectivity index (χ0v) is 13.1. The summed E-state index contributed by atoms with van der Waals surface area (Å²) >= 11 is 0. The van der Waals surface area contributed by atoms with Crippen LogP contribution in [0, 0.1) is 6.92 Å². The Bertz CT molecular complexity index is 1010. The SMILES string of the molecule is Cc1cccc(Nc2nn(-c3ccccc3)c3ncnc(N)c23)c1. The van der Waals surface area contributed by atoms with Gasteiger partial charge < -0.3 is 11.1 Å². The number of aryl methyl sites for hydroxylation is 1. The van der Waals surface area contributed by atoms with Crippen molar-refractivity contribution in [1.82, 2.24) is 19.7 Å². The fourth-order valence-corrected chi connectivity index (χ4v) is 2.67. The molecule has 6 heteroatoms. The Balaban J connectivity index is 1.90. The summed E-state index contributed by atoms with van der Waals surface area (Å²) in [5.74, 6) is 1.04. The Labute approximate surface area is 139 Å². The quantitative estimate of drug-likeness (QED) is 0.605. The number of rotatable bonds is 3. The van der Waals surface area contributed by atoms with E-state index in [0.717, 1.165) is 16.9 Å². The molecule has 0 aliphatic rings. The van der Waals surface area contributed by atoms with E-state index in [1.165, 1.54) is 6.33 Å². The number of nitrogen functional groups attached to an aromatic ring is 1. The number of para-hydroxylation sites is 1. The van der Waals surface area contributed by atoms with Crippen molar-refractivity contribution in [2.45, 2.75) is 6.92 Å². The summed E-state index contributed by atoms with van der Waals surface area (Å²) in [6.45, 7) is 2.04. The number of hydrogen-bond acceptors (Lipinski definition) is 5. The summed E-state index contributed by atoms with van der Waals surface area (Å²) in [6.07, 6.45) is 1.45. The lowest BCUT2D eigenvalue weighted by Crippen LogP contribution is -1.98. The number of nitrogens with two attached hydrogens (primary N) is 1. The second-order valence-corrected chi connectivity index (χ2v) is 5.55. The van der Waals surface area contributed by atoms with Gasteiger partial charge in [-0.2, -0.15) is 0 Å². The minimum Gasteiger partial charge on any atom is -0.383 e. The molecule has 2 aromatic heterocycles. The Kier molecular flexibility index (Phi) is 3.35. The van der Waals surface area contributed by atoms with Gasteiger partial charge in [-0.25, -0.2) is 14.6 Å². The van der Waals surface area contributed by atoms with E-state index in [1.807, 2.05) is 61.5 Å². The molecule has 3 N–H and O–H groups in total. The Morgan fingerprint density at radius 3 is 2.62 bits per heavy atom. The predicted octanol–water partition coefficient (Wildman–Crippen LogP) is 3.45. The van der Waals surface area contributed by atoms with Gasteiger partial charge in [0.25, 0.3) is 0 Å². The van der Waals surface area contributed by atoms with Crippen LogP contribution >= 0.6 is 0 Å². The average molecular weight is 316 g/mol. The first-order chi connectivity index (χ1) is 11.7. The van der Waals surface area contributed by atoms with Crippen LogP contribution in [0.15, 0.2) is 60.9 Å². The zero-order chi connectivity index (χ0) is 16.5. The van der Waals surface area contributed by atoms with Crippen molar-refractivity contribution in [2.75, 3.05) is 11.1 Å². The van der Waals surface area contributed by atoms with Crippen LogP contribution in [-0.4, -0.2) is 19.7 Å². The van der Waals surface area contributed by atoms with Crippen LogP contribution in [0.4, 0.5) is 17.3 Å². The standard InChI is InChI=1S/C18H16N6/c1-12-6-5-7-13(10-12)22-17-15-16(19)20-11-21-18(15)24(23-17)14-8-3-2-4-9-14/h2-11H,1H3,(H,22,23)(H2,19,20,21). The molecule has 118 valence electrons. The third kappa shape index (κ3) is 2.44. The van der Waals surface area contributed by atoms with Crippen LogP contribution in [0.5, 0.6) is 0 Å². The van der Waals surface area contributed by atoms with Gasteiger partial charge in [0.15, 0.2) is 11.5 Å². The first kappa shape index (κ1) is 14.2. The summed E-state index contributed by atoms with van der Waals surface area (Å²) < 4.78 is 1.77. The van der Waals surface area contributed by atoms with Gasteiger partial charge in [0.05, 0.1) is 5.69 Å². The van der Waals surface area contributed by atoms with Gasteiger partial charge >= 0.3 is 0 Å². The van der Waals surface area contributed by atoms with E-state index in [0.29, 0.717) is 22.7 Å². The summed E-state index contributed by atoms with van der Waals surface area (Å²) in [7, 11) is 0. The maximum Gasteiger partial charge on any atom is 0.170 e. The highest BCUT2D eigenvalue weighted by molar-refractivity contribution is 5.97. The second kappa shape index (κ2) is 5.66. The number of nitrogens with one attached hydrogen (secondary N) is 1. The second-order valence-electron chi connectivity index (χ2n) is 5.55. The number of hydrogen-bond donors (Lipinski definition) is 2. The first-order valence-corrected chi connectivity index (χ1v) is 7.61. The van der Waals surface area contributed by atoms with Crippen LogP contribution in [0.2, 0.25) is 0 Å². The predicted molar refractivity (Wildman–Crippen MR) is 95.5 cm³/mol. The van der Waals surface area contributed by atoms with Crippen molar-refractivity contribution in [3.8, 4) is 5.69 Å². The number of aromatic nitrogens is 4. The van der Waals surface area contributed by atoms with E-state index in [4.69, 9.17) is 5.73 Å². The largest absolute Gasteiger partial charge is 0.383 e. The molecule has 0 radical (unpaired) electrons. The normalized spacial score (nSPS) is 10.9. The smallest absolute Gasteiger partial charge is 0.170 e. The third-order valence-electron chi connectivity index (χ3n) is 3.78.